The highest BCUT2D eigenvalue weighted by Gasteiger charge is 2.67. The highest BCUT2D eigenvalue weighted by atomic mass is 35.5. The Morgan fingerprint density at radius 3 is 2.61 bits per heavy atom. The van der Waals surface area contributed by atoms with Gasteiger partial charge in [-0.2, -0.15) is 0 Å². The molecule has 0 bridgehead atoms. The second kappa shape index (κ2) is 8.39. The summed E-state index contributed by atoms with van der Waals surface area (Å²) in [5.41, 5.74) is -0.191. The summed E-state index contributed by atoms with van der Waals surface area (Å²) in [5, 5.41) is 13.3. The number of methoxy groups -OCH3 is 1. The zero-order valence-electron chi connectivity index (χ0n) is 20.5. The number of benzene rings is 2. The van der Waals surface area contributed by atoms with Crippen LogP contribution in [-0.4, -0.2) is 35.8 Å². The number of hydrogen-bond acceptors (Lipinski definition) is 6. The molecule has 2 aromatic carbocycles. The van der Waals surface area contributed by atoms with Gasteiger partial charge in [-0.05, 0) is 56.0 Å². The van der Waals surface area contributed by atoms with Gasteiger partial charge in [0, 0.05) is 11.5 Å². The number of carbonyl (C=O) groups excluding carboxylic acids is 4. The summed E-state index contributed by atoms with van der Waals surface area (Å²) in [4.78, 5) is 54.7. The third kappa shape index (κ3) is 3.14. The number of hydrogen-bond donors (Lipinski definition) is 2. The Hall–Kier alpha value is -3.72. The largest absolute Gasteiger partial charge is 0.508 e. The zero-order valence-corrected chi connectivity index (χ0v) is 21.3. The molecule has 6 rings (SSSR count). The van der Waals surface area contributed by atoms with Gasteiger partial charge in [0.1, 0.15) is 17.3 Å². The average Bonchev–Trinajstić information content (AvgIpc) is 3.28. The van der Waals surface area contributed by atoms with Crippen molar-refractivity contribution in [2.75, 3.05) is 12.0 Å². The molecule has 3 fully saturated rings. The number of phenols is 1. The van der Waals surface area contributed by atoms with E-state index in [1.165, 1.54) is 25.3 Å². The van der Waals surface area contributed by atoms with Crippen LogP contribution in [0.1, 0.15) is 31.2 Å². The molecule has 38 heavy (non-hydrogen) atoms. The molecule has 6 atom stereocenters. The number of nitrogens with zero attached hydrogens (tertiary/aromatic N) is 1. The molecule has 196 valence electrons. The number of amides is 4. The maximum Gasteiger partial charge on any atom is 0.241 e. The van der Waals surface area contributed by atoms with Crippen molar-refractivity contribution in [3.8, 4) is 11.5 Å². The van der Waals surface area contributed by atoms with Crippen molar-refractivity contribution in [2.24, 2.45) is 29.1 Å². The summed E-state index contributed by atoms with van der Waals surface area (Å²) in [7, 11) is 1.45. The van der Waals surface area contributed by atoms with E-state index in [2.05, 4.69) is 5.32 Å². The monoisotopic (exact) mass is 538 g/mol. The number of anilines is 1. The van der Waals surface area contributed by atoms with Gasteiger partial charge >= 0.3 is 0 Å². The van der Waals surface area contributed by atoms with Gasteiger partial charge in [0.2, 0.25) is 23.6 Å². The van der Waals surface area contributed by atoms with E-state index in [1.54, 1.807) is 19.1 Å². The van der Waals surface area contributed by atoms with E-state index in [4.69, 9.17) is 16.3 Å². The number of ether oxygens (including phenoxy) is 1. The molecule has 2 N–H and O–H groups in total. The molecule has 10 heteroatoms. The van der Waals surface area contributed by atoms with Gasteiger partial charge in [-0.1, -0.05) is 29.3 Å². The van der Waals surface area contributed by atoms with E-state index in [0.29, 0.717) is 17.7 Å². The van der Waals surface area contributed by atoms with Crippen molar-refractivity contribution >= 4 is 40.9 Å². The van der Waals surface area contributed by atoms with Crippen molar-refractivity contribution in [3.05, 3.63) is 64.5 Å². The minimum Gasteiger partial charge on any atom is -0.508 e. The minimum absolute atomic E-state index is 0.117. The van der Waals surface area contributed by atoms with Crippen LogP contribution in [0.25, 0.3) is 0 Å². The molecule has 8 nitrogen and oxygen atoms in total. The van der Waals surface area contributed by atoms with Crippen LogP contribution < -0.4 is 15.0 Å². The fourth-order valence-corrected chi connectivity index (χ4v) is 7.28. The maximum absolute atomic E-state index is 14.3. The smallest absolute Gasteiger partial charge is 0.241 e. The Labute approximate surface area is 222 Å². The van der Waals surface area contributed by atoms with E-state index in [-0.39, 0.29) is 28.8 Å². The summed E-state index contributed by atoms with van der Waals surface area (Å²) < 4.78 is 19.5. The van der Waals surface area contributed by atoms with E-state index < -0.39 is 58.5 Å². The van der Waals surface area contributed by atoms with Crippen LogP contribution in [-0.2, 0) is 19.2 Å². The topological polar surface area (TPSA) is 113 Å². The molecule has 0 radical (unpaired) electrons. The Balaban J connectivity index is 1.58. The average molecular weight is 539 g/mol. The van der Waals surface area contributed by atoms with Crippen molar-refractivity contribution in [1.82, 2.24) is 5.32 Å². The lowest BCUT2D eigenvalue weighted by Crippen LogP contribution is -2.48. The normalized spacial score (nSPS) is 31.9. The van der Waals surface area contributed by atoms with Crippen molar-refractivity contribution in [3.63, 3.8) is 0 Å². The van der Waals surface area contributed by atoms with Gasteiger partial charge < -0.3 is 9.84 Å². The van der Waals surface area contributed by atoms with Gasteiger partial charge in [-0.15, -0.1) is 0 Å². The molecule has 2 saturated heterocycles. The van der Waals surface area contributed by atoms with E-state index >= 15 is 0 Å². The highest BCUT2D eigenvalue weighted by molar-refractivity contribution is 6.31. The van der Waals surface area contributed by atoms with E-state index in [9.17, 15) is 28.7 Å². The van der Waals surface area contributed by atoms with Gasteiger partial charge in [-0.3, -0.25) is 24.5 Å². The van der Waals surface area contributed by atoms with Gasteiger partial charge in [-0.25, -0.2) is 9.29 Å². The molecular formula is C28H24ClFN2O6. The number of nitrogens with one attached hydrogen (secondary N) is 1. The molecule has 0 unspecified atom stereocenters. The first-order valence-corrected chi connectivity index (χ1v) is 12.7. The third-order valence-corrected chi connectivity index (χ3v) is 9.12. The minimum atomic E-state index is -1.38. The number of fused-ring (bicyclic) bond motifs is 4. The van der Waals surface area contributed by atoms with Crippen LogP contribution in [0.4, 0.5) is 10.1 Å². The first-order valence-electron chi connectivity index (χ1n) is 12.3. The fourth-order valence-electron chi connectivity index (χ4n) is 7.10. The molecule has 0 aromatic heterocycles. The van der Waals surface area contributed by atoms with Crippen LogP contribution in [0.3, 0.4) is 0 Å². The maximum atomic E-state index is 14.3. The van der Waals surface area contributed by atoms with Gasteiger partial charge in [0.25, 0.3) is 0 Å². The van der Waals surface area contributed by atoms with Crippen molar-refractivity contribution in [1.29, 1.82) is 0 Å². The molecule has 2 aromatic rings. The molecule has 1 saturated carbocycles. The first kappa shape index (κ1) is 24.6. The van der Waals surface area contributed by atoms with Crippen molar-refractivity contribution in [2.45, 2.75) is 25.7 Å². The van der Waals surface area contributed by atoms with Crippen molar-refractivity contribution < 1.29 is 33.4 Å². The Morgan fingerprint density at radius 1 is 1.13 bits per heavy atom. The van der Waals surface area contributed by atoms with Crippen LogP contribution in [0.2, 0.25) is 5.02 Å². The van der Waals surface area contributed by atoms with Gasteiger partial charge in [0.05, 0.1) is 41.0 Å². The first-order chi connectivity index (χ1) is 18.1. The fraction of sp³-hybridized carbons (Fsp3) is 0.357. The Bertz CT molecular complexity index is 1470. The molecular weight excluding hydrogens is 515 g/mol. The predicted octanol–water partition coefficient (Wildman–Crippen LogP) is 3.71. The summed E-state index contributed by atoms with van der Waals surface area (Å²) in [6.07, 6.45) is 2.32. The summed E-state index contributed by atoms with van der Waals surface area (Å²) in [6, 6.07) is 8.39. The molecule has 4 amide bonds. The van der Waals surface area contributed by atoms with Crippen LogP contribution >= 0.6 is 11.6 Å². The number of halogens is 2. The number of phenolic OH excluding ortho intramolecular Hbond substituents is 1. The van der Waals surface area contributed by atoms with E-state index in [0.717, 1.165) is 16.5 Å². The molecule has 2 heterocycles. The Morgan fingerprint density at radius 2 is 1.89 bits per heavy atom. The molecule has 4 aliphatic rings. The van der Waals surface area contributed by atoms with Crippen LogP contribution in [0, 0.1) is 34.9 Å². The second-order valence-electron chi connectivity index (χ2n) is 10.5. The number of allylic oxidation sites excluding steroid dienone is 2. The van der Waals surface area contributed by atoms with Crippen LogP contribution in [0.15, 0.2) is 48.0 Å². The molecule has 0 spiro atoms. The highest BCUT2D eigenvalue weighted by Crippen LogP contribution is 2.65. The molecule has 2 aliphatic carbocycles. The summed E-state index contributed by atoms with van der Waals surface area (Å²) in [5.74, 6) is -5.75. The van der Waals surface area contributed by atoms with E-state index in [1.807, 2.05) is 6.08 Å². The summed E-state index contributed by atoms with van der Waals surface area (Å²) in [6.45, 7) is 1.68. The molecule has 2 aliphatic heterocycles. The number of imide groups is 2. The lowest BCUT2D eigenvalue weighted by atomic mass is 9.51. The number of aromatic hydroxyl groups is 1. The second-order valence-corrected chi connectivity index (χ2v) is 10.9. The number of carbonyl (C=O) groups is 4. The number of rotatable bonds is 3. The van der Waals surface area contributed by atoms with Crippen LogP contribution in [0.5, 0.6) is 11.5 Å². The predicted molar refractivity (Wildman–Crippen MR) is 134 cm³/mol. The SMILES string of the molecule is COc1cccc(O)c1[C@H]1C2=CC[C@@H]3C(=O)NC(=O)[C@@H]3[C@@H]2C[C@H]2C(=O)N(c3ccc(F)c(Cl)c3)C(=O)[C@@]12C. The lowest BCUT2D eigenvalue weighted by molar-refractivity contribution is -0.131. The lowest BCUT2D eigenvalue weighted by Gasteiger charge is -2.49. The standard InChI is InChI=1S/C28H24ClFN2O6/c1-28-16(26(36)32(27(28)37)12-6-9-18(30)17(29)10-12)11-15-13(7-8-14-21(15)25(35)31-24(14)34)23(28)22-19(33)4-3-5-20(22)38-2/h3-7,9-10,14-16,21,23,33H,8,11H2,1-2H3,(H,31,34,35)/t14-,15+,16-,21-,23+,28+/m0/s1. The quantitative estimate of drug-likeness (QED) is 0.455. The third-order valence-electron chi connectivity index (χ3n) is 8.83. The Kier molecular flexibility index (Phi) is 5.43. The summed E-state index contributed by atoms with van der Waals surface area (Å²) >= 11 is 5.99. The zero-order chi connectivity index (χ0) is 27.1. The van der Waals surface area contributed by atoms with Gasteiger partial charge in [0.15, 0.2) is 0 Å².